The topological polar surface area (TPSA) is 70.9 Å². The van der Waals surface area contributed by atoms with Crippen molar-refractivity contribution in [3.8, 4) is 5.75 Å². The fraction of sp³-hybridized carbons (Fsp3) is 0.0625. The Morgan fingerprint density at radius 1 is 0.842 bits per heavy atom. The number of carbonyl (C=O) groups is 1. The predicted octanol–water partition coefficient (Wildman–Crippen LogP) is 6.57. The number of hydrogen-bond donors (Lipinski definition) is 2. The van der Waals surface area contributed by atoms with Gasteiger partial charge in [0.1, 0.15) is 12.4 Å². The lowest BCUT2D eigenvalue weighted by Crippen LogP contribution is -2.43. The maximum atomic E-state index is 13.3. The van der Waals surface area contributed by atoms with Crippen molar-refractivity contribution in [3.63, 3.8) is 0 Å². The number of hydrazone groups is 1. The summed E-state index contributed by atoms with van der Waals surface area (Å²) in [4.78, 5) is 13.3. The van der Waals surface area contributed by atoms with Gasteiger partial charge in [0.15, 0.2) is 5.60 Å². The molecule has 0 unspecified atom stereocenters. The lowest BCUT2D eigenvalue weighted by molar-refractivity contribution is -0.136. The number of carbonyl (C=O) groups excluding carboxylic acids is 1. The van der Waals surface area contributed by atoms with E-state index in [1.165, 1.54) is 6.21 Å². The lowest BCUT2D eigenvalue weighted by Gasteiger charge is -2.27. The number of nitrogens with zero attached hydrogens (tertiary/aromatic N) is 1. The highest BCUT2D eigenvalue weighted by molar-refractivity contribution is 9.10. The number of halogens is 1. The van der Waals surface area contributed by atoms with E-state index in [1.54, 1.807) is 48.5 Å². The van der Waals surface area contributed by atoms with Gasteiger partial charge in [-0.15, -0.1) is 0 Å². The SMILES string of the molecule is O=C(N/N=C\c1cc(Br)ccc1OCc1cccc2ccccc12)C(O)(c1ccccc1)c1ccccc1. The van der Waals surface area contributed by atoms with Crippen molar-refractivity contribution >= 4 is 38.8 Å². The Labute approximate surface area is 229 Å². The standard InChI is InChI=1S/C32H25BrN2O3/c33-28-18-19-30(38-22-24-12-9-11-23-10-7-8-17-29(23)24)25(20-28)21-34-35-31(36)32(37,26-13-3-1-4-14-26)27-15-5-2-6-16-27/h1-21,37H,22H2,(H,35,36)/b34-21-. The van der Waals surface area contributed by atoms with Crippen LogP contribution >= 0.6 is 15.9 Å². The molecule has 0 aliphatic rings. The van der Waals surface area contributed by atoms with Gasteiger partial charge in [0, 0.05) is 10.0 Å². The summed E-state index contributed by atoms with van der Waals surface area (Å²) in [6.07, 6.45) is 1.51. The maximum Gasteiger partial charge on any atom is 0.281 e. The number of ether oxygens (including phenoxy) is 1. The molecule has 38 heavy (non-hydrogen) atoms. The van der Waals surface area contributed by atoms with Crippen LogP contribution < -0.4 is 10.2 Å². The molecule has 0 saturated carbocycles. The molecule has 2 N–H and O–H groups in total. The molecule has 0 aromatic heterocycles. The molecule has 5 rings (SSSR count). The fourth-order valence-electron chi connectivity index (χ4n) is 4.35. The van der Waals surface area contributed by atoms with Crippen molar-refractivity contribution in [2.75, 3.05) is 0 Å². The molecule has 5 aromatic rings. The molecule has 0 aliphatic heterocycles. The van der Waals surface area contributed by atoms with Crippen LogP contribution in [-0.4, -0.2) is 17.2 Å². The average Bonchev–Trinajstić information content (AvgIpc) is 2.97. The van der Waals surface area contributed by atoms with E-state index in [4.69, 9.17) is 4.74 Å². The minimum atomic E-state index is -1.91. The molecule has 0 aliphatic carbocycles. The normalized spacial score (nSPS) is 11.5. The predicted molar refractivity (Wildman–Crippen MR) is 154 cm³/mol. The van der Waals surface area contributed by atoms with Crippen LogP contribution in [0, 0.1) is 0 Å². The van der Waals surface area contributed by atoms with E-state index in [1.807, 2.05) is 54.6 Å². The molecule has 0 atom stereocenters. The first-order chi connectivity index (χ1) is 18.6. The number of hydrogen-bond acceptors (Lipinski definition) is 4. The van der Waals surface area contributed by atoms with Gasteiger partial charge >= 0.3 is 0 Å². The number of fused-ring (bicyclic) bond motifs is 1. The molecular weight excluding hydrogens is 540 g/mol. The van der Waals surface area contributed by atoms with E-state index in [0.29, 0.717) is 29.0 Å². The van der Waals surface area contributed by atoms with Gasteiger partial charge in [0.05, 0.1) is 6.21 Å². The third-order valence-corrected chi connectivity index (χ3v) is 6.81. The lowest BCUT2D eigenvalue weighted by atomic mass is 9.85. The zero-order valence-corrected chi connectivity index (χ0v) is 22.0. The highest BCUT2D eigenvalue weighted by Gasteiger charge is 2.39. The minimum Gasteiger partial charge on any atom is -0.488 e. The molecule has 0 radical (unpaired) electrons. The third kappa shape index (κ3) is 5.37. The fourth-order valence-corrected chi connectivity index (χ4v) is 4.73. The van der Waals surface area contributed by atoms with E-state index in [-0.39, 0.29) is 0 Å². The first-order valence-corrected chi connectivity index (χ1v) is 12.9. The molecular formula is C32H25BrN2O3. The van der Waals surface area contributed by atoms with Crippen LogP contribution in [0.5, 0.6) is 5.75 Å². The molecule has 5 nitrogen and oxygen atoms in total. The van der Waals surface area contributed by atoms with Crippen LogP contribution in [0.3, 0.4) is 0 Å². The van der Waals surface area contributed by atoms with Crippen LogP contribution in [0.4, 0.5) is 0 Å². The van der Waals surface area contributed by atoms with Crippen molar-refractivity contribution < 1.29 is 14.6 Å². The minimum absolute atomic E-state index is 0.373. The van der Waals surface area contributed by atoms with E-state index in [2.05, 4.69) is 44.7 Å². The Morgan fingerprint density at radius 3 is 2.18 bits per heavy atom. The van der Waals surface area contributed by atoms with Crippen LogP contribution in [0.2, 0.25) is 0 Å². The number of benzene rings is 5. The van der Waals surface area contributed by atoms with Gasteiger partial charge in [-0.3, -0.25) is 4.79 Å². The quantitative estimate of drug-likeness (QED) is 0.165. The zero-order valence-electron chi connectivity index (χ0n) is 20.4. The second kappa shape index (κ2) is 11.4. The van der Waals surface area contributed by atoms with Crippen LogP contribution in [0.15, 0.2) is 131 Å². The van der Waals surface area contributed by atoms with Crippen molar-refractivity contribution in [1.29, 1.82) is 0 Å². The number of aliphatic hydroxyl groups is 1. The number of amides is 1. The molecule has 0 fully saturated rings. The zero-order chi connectivity index (χ0) is 26.4. The summed E-state index contributed by atoms with van der Waals surface area (Å²) in [5.41, 5.74) is 3.24. The van der Waals surface area contributed by atoms with E-state index >= 15 is 0 Å². The van der Waals surface area contributed by atoms with E-state index in [9.17, 15) is 9.90 Å². The van der Waals surface area contributed by atoms with Crippen LogP contribution in [0.1, 0.15) is 22.3 Å². The summed E-state index contributed by atoms with van der Waals surface area (Å²) in [6.45, 7) is 0.373. The molecule has 6 heteroatoms. The molecule has 188 valence electrons. The van der Waals surface area contributed by atoms with Gasteiger partial charge in [-0.25, -0.2) is 5.43 Å². The third-order valence-electron chi connectivity index (χ3n) is 6.32. The van der Waals surface area contributed by atoms with Gasteiger partial charge in [0.2, 0.25) is 0 Å². The second-order valence-corrected chi connectivity index (χ2v) is 9.67. The molecule has 1 amide bonds. The van der Waals surface area contributed by atoms with Crippen molar-refractivity contribution in [2.24, 2.45) is 5.10 Å². The Balaban J connectivity index is 1.37. The molecule has 5 aromatic carbocycles. The Hall–Kier alpha value is -4.26. The first-order valence-electron chi connectivity index (χ1n) is 12.1. The molecule has 0 spiro atoms. The monoisotopic (exact) mass is 564 g/mol. The Kier molecular flexibility index (Phi) is 7.63. The summed E-state index contributed by atoms with van der Waals surface area (Å²) in [5, 5.41) is 18.1. The van der Waals surface area contributed by atoms with Gasteiger partial charge in [-0.1, -0.05) is 119 Å². The summed E-state index contributed by atoms with van der Waals surface area (Å²) in [6, 6.07) is 37.5. The number of rotatable bonds is 8. The summed E-state index contributed by atoms with van der Waals surface area (Å²) in [7, 11) is 0. The number of nitrogens with one attached hydrogen (secondary N) is 1. The smallest absolute Gasteiger partial charge is 0.281 e. The van der Waals surface area contributed by atoms with Gasteiger partial charge < -0.3 is 9.84 Å². The molecule has 0 bridgehead atoms. The summed E-state index contributed by atoms with van der Waals surface area (Å²) >= 11 is 3.49. The highest BCUT2D eigenvalue weighted by atomic mass is 79.9. The summed E-state index contributed by atoms with van der Waals surface area (Å²) in [5.74, 6) is -0.0557. The van der Waals surface area contributed by atoms with E-state index in [0.717, 1.165) is 20.8 Å². The molecule has 0 saturated heterocycles. The second-order valence-electron chi connectivity index (χ2n) is 8.75. The largest absolute Gasteiger partial charge is 0.488 e. The van der Waals surface area contributed by atoms with Crippen molar-refractivity contribution in [2.45, 2.75) is 12.2 Å². The van der Waals surface area contributed by atoms with Gasteiger partial charge in [0.25, 0.3) is 5.91 Å². The van der Waals surface area contributed by atoms with Gasteiger partial charge in [-0.05, 0) is 45.7 Å². The van der Waals surface area contributed by atoms with E-state index < -0.39 is 11.5 Å². The average molecular weight is 565 g/mol. The van der Waals surface area contributed by atoms with Crippen LogP contribution in [-0.2, 0) is 17.0 Å². The highest BCUT2D eigenvalue weighted by Crippen LogP contribution is 2.30. The van der Waals surface area contributed by atoms with Crippen molar-refractivity contribution in [1.82, 2.24) is 5.43 Å². The summed E-state index contributed by atoms with van der Waals surface area (Å²) < 4.78 is 7.02. The Morgan fingerprint density at radius 2 is 1.47 bits per heavy atom. The van der Waals surface area contributed by atoms with Gasteiger partial charge in [-0.2, -0.15) is 5.10 Å². The first kappa shape index (κ1) is 25.4. The van der Waals surface area contributed by atoms with Crippen LogP contribution in [0.25, 0.3) is 10.8 Å². The Bertz CT molecular complexity index is 1540. The van der Waals surface area contributed by atoms with Crippen molar-refractivity contribution in [3.05, 3.63) is 148 Å². The maximum absolute atomic E-state index is 13.3. The molecule has 0 heterocycles.